The van der Waals surface area contributed by atoms with Gasteiger partial charge in [-0.25, -0.2) is 0 Å². The number of allylic oxidation sites excluding steroid dienone is 2. The first kappa shape index (κ1) is 17.7. The second-order valence-electron chi connectivity index (χ2n) is 6.51. The number of benzene rings is 2. The summed E-state index contributed by atoms with van der Waals surface area (Å²) < 4.78 is 5.21. The molecule has 4 rings (SSSR count). The Kier molecular flexibility index (Phi) is 4.92. The van der Waals surface area contributed by atoms with Gasteiger partial charge >= 0.3 is 0 Å². The normalized spacial score (nSPS) is 20.8. The summed E-state index contributed by atoms with van der Waals surface area (Å²) >= 11 is 1.64. The first-order chi connectivity index (χ1) is 13.2. The number of hydrogen-bond acceptors (Lipinski definition) is 5. The number of thioether (sulfide) groups is 1. The Hall–Kier alpha value is -2.70. The summed E-state index contributed by atoms with van der Waals surface area (Å²) in [4.78, 5) is 13.7. The zero-order chi connectivity index (χ0) is 18.8. The molecule has 138 valence electrons. The minimum Gasteiger partial charge on any atom is -0.497 e. The Labute approximate surface area is 162 Å². The highest BCUT2D eigenvalue weighted by atomic mass is 32.2. The third-order valence-corrected chi connectivity index (χ3v) is 5.80. The third kappa shape index (κ3) is 3.59. The van der Waals surface area contributed by atoms with E-state index < -0.39 is 0 Å². The molecule has 6 heteroatoms. The Morgan fingerprint density at radius 1 is 1.15 bits per heavy atom. The van der Waals surface area contributed by atoms with Crippen LogP contribution in [0.2, 0.25) is 0 Å². The number of nitrogens with two attached hydrogens (primary N) is 1. The van der Waals surface area contributed by atoms with Gasteiger partial charge < -0.3 is 21.1 Å². The van der Waals surface area contributed by atoms with Crippen molar-refractivity contribution in [2.45, 2.75) is 13.0 Å². The van der Waals surface area contributed by atoms with Crippen LogP contribution in [0, 0.1) is 5.92 Å². The Balaban J connectivity index is 1.61. The van der Waals surface area contributed by atoms with Crippen LogP contribution in [0.5, 0.6) is 5.75 Å². The van der Waals surface area contributed by atoms with Gasteiger partial charge in [0.15, 0.2) is 0 Å². The van der Waals surface area contributed by atoms with Gasteiger partial charge in [-0.2, -0.15) is 0 Å². The predicted molar refractivity (Wildman–Crippen MR) is 109 cm³/mol. The van der Waals surface area contributed by atoms with Gasteiger partial charge in [-0.15, -0.1) is 0 Å². The van der Waals surface area contributed by atoms with E-state index in [4.69, 9.17) is 10.5 Å². The molecule has 0 bridgehead atoms. The molecule has 0 fully saturated rings. The Morgan fingerprint density at radius 2 is 2.00 bits per heavy atom. The first-order valence-corrected chi connectivity index (χ1v) is 9.67. The van der Waals surface area contributed by atoms with E-state index in [0.717, 1.165) is 28.4 Å². The summed E-state index contributed by atoms with van der Waals surface area (Å²) in [6.07, 6.45) is 3.04. The lowest BCUT2D eigenvalue weighted by atomic mass is 9.97. The predicted octanol–water partition coefficient (Wildman–Crippen LogP) is 3.60. The molecule has 5 nitrogen and oxygen atoms in total. The summed E-state index contributed by atoms with van der Waals surface area (Å²) in [6.45, 7) is 0.537. The molecule has 1 atom stereocenters. The monoisotopic (exact) mass is 379 g/mol. The van der Waals surface area contributed by atoms with Crippen LogP contribution in [-0.2, 0) is 13.0 Å². The molecule has 1 unspecified atom stereocenters. The lowest BCUT2D eigenvalue weighted by molar-refractivity contribution is 0.0963. The molecule has 4 N–H and O–H groups in total. The average Bonchev–Trinajstić information content (AvgIpc) is 3.16. The zero-order valence-electron chi connectivity index (χ0n) is 15.0. The van der Waals surface area contributed by atoms with E-state index in [1.807, 2.05) is 24.3 Å². The van der Waals surface area contributed by atoms with Crippen LogP contribution in [0.4, 0.5) is 5.69 Å². The highest BCUT2D eigenvalue weighted by Gasteiger charge is 2.27. The number of anilines is 1. The van der Waals surface area contributed by atoms with Crippen molar-refractivity contribution in [2.24, 2.45) is 11.7 Å². The van der Waals surface area contributed by atoms with Crippen LogP contribution >= 0.6 is 11.8 Å². The van der Waals surface area contributed by atoms with Crippen LogP contribution in [-0.4, -0.2) is 13.0 Å². The lowest BCUT2D eigenvalue weighted by Crippen LogP contribution is -2.34. The molecule has 2 aromatic rings. The van der Waals surface area contributed by atoms with Gasteiger partial charge in [0.05, 0.1) is 18.4 Å². The molecule has 27 heavy (non-hydrogen) atoms. The molecular formula is C21H21N3O2S. The van der Waals surface area contributed by atoms with Crippen LogP contribution in [0.1, 0.15) is 21.5 Å². The number of nitrogens with one attached hydrogen (secondary N) is 2. The van der Waals surface area contributed by atoms with Gasteiger partial charge in [-0.3, -0.25) is 4.79 Å². The maximum atomic E-state index is 12.6. The van der Waals surface area contributed by atoms with Crippen molar-refractivity contribution in [1.29, 1.82) is 0 Å². The summed E-state index contributed by atoms with van der Waals surface area (Å²) in [7, 11) is 1.59. The van der Waals surface area contributed by atoms with Gasteiger partial charge in [0.2, 0.25) is 0 Å². The molecule has 0 saturated carbocycles. The van der Waals surface area contributed by atoms with E-state index in [9.17, 15) is 4.79 Å². The van der Waals surface area contributed by atoms with Gasteiger partial charge in [-0.1, -0.05) is 42.1 Å². The van der Waals surface area contributed by atoms with Crippen LogP contribution in [0.15, 0.2) is 64.7 Å². The van der Waals surface area contributed by atoms with Crippen molar-refractivity contribution in [1.82, 2.24) is 5.32 Å². The molecule has 0 radical (unpaired) electrons. The van der Waals surface area contributed by atoms with E-state index in [2.05, 4.69) is 34.3 Å². The fraction of sp³-hybridized carbons (Fsp3) is 0.190. The summed E-state index contributed by atoms with van der Waals surface area (Å²) in [6, 6.07) is 13.8. The van der Waals surface area contributed by atoms with Crippen molar-refractivity contribution in [3.63, 3.8) is 0 Å². The van der Waals surface area contributed by atoms with E-state index in [1.165, 1.54) is 5.56 Å². The number of carbonyl (C=O) groups is 1. The number of methoxy groups -OCH3 is 1. The van der Waals surface area contributed by atoms with Crippen molar-refractivity contribution in [3.05, 3.63) is 81.4 Å². The number of amides is 1. The SMILES string of the molecule is COc1ccc2c(c1)C(=O)NC(=C1SC=CC1Cc1cccc(CN)c1)N2. The first-order valence-electron chi connectivity index (χ1n) is 8.79. The summed E-state index contributed by atoms with van der Waals surface area (Å²) in [5.41, 5.74) is 9.50. The Morgan fingerprint density at radius 3 is 2.81 bits per heavy atom. The number of hydrogen-bond donors (Lipinski definition) is 3. The maximum absolute atomic E-state index is 12.6. The quantitative estimate of drug-likeness (QED) is 0.757. The van der Waals surface area contributed by atoms with E-state index in [-0.39, 0.29) is 11.8 Å². The van der Waals surface area contributed by atoms with Crippen molar-refractivity contribution >= 4 is 23.4 Å². The number of rotatable bonds is 4. The van der Waals surface area contributed by atoms with E-state index >= 15 is 0 Å². The zero-order valence-corrected chi connectivity index (χ0v) is 15.8. The molecule has 1 amide bonds. The molecule has 2 aromatic carbocycles. The van der Waals surface area contributed by atoms with Crippen molar-refractivity contribution in [3.8, 4) is 5.75 Å². The smallest absolute Gasteiger partial charge is 0.259 e. The van der Waals surface area contributed by atoms with E-state index in [1.54, 1.807) is 24.9 Å². The van der Waals surface area contributed by atoms with E-state index in [0.29, 0.717) is 17.9 Å². The van der Waals surface area contributed by atoms with Crippen molar-refractivity contribution < 1.29 is 9.53 Å². The molecule has 0 saturated heterocycles. The van der Waals surface area contributed by atoms with Gasteiger partial charge in [0.25, 0.3) is 5.91 Å². The molecule has 2 aliphatic rings. The van der Waals surface area contributed by atoms with Gasteiger partial charge in [0.1, 0.15) is 11.6 Å². The molecule has 0 aliphatic carbocycles. The molecule has 2 heterocycles. The average molecular weight is 379 g/mol. The second-order valence-corrected chi connectivity index (χ2v) is 7.46. The van der Waals surface area contributed by atoms with Gasteiger partial charge in [0, 0.05) is 17.4 Å². The lowest BCUT2D eigenvalue weighted by Gasteiger charge is -2.25. The molecule has 0 aromatic heterocycles. The summed E-state index contributed by atoms with van der Waals surface area (Å²) in [5.74, 6) is 1.51. The summed E-state index contributed by atoms with van der Waals surface area (Å²) in [5, 5.41) is 8.45. The minimum atomic E-state index is -0.124. The van der Waals surface area contributed by atoms with Crippen LogP contribution in [0.25, 0.3) is 0 Å². The fourth-order valence-electron chi connectivity index (χ4n) is 3.34. The minimum absolute atomic E-state index is 0.124. The third-order valence-electron chi connectivity index (χ3n) is 4.74. The maximum Gasteiger partial charge on any atom is 0.259 e. The highest BCUT2D eigenvalue weighted by molar-refractivity contribution is 8.06. The topological polar surface area (TPSA) is 76.4 Å². The molecule has 0 spiro atoms. The largest absolute Gasteiger partial charge is 0.497 e. The Bertz CT molecular complexity index is 952. The number of carbonyl (C=O) groups excluding carboxylic acids is 1. The molecular weight excluding hydrogens is 358 g/mol. The van der Waals surface area contributed by atoms with Crippen LogP contribution in [0.3, 0.4) is 0 Å². The second kappa shape index (κ2) is 7.50. The number of ether oxygens (including phenoxy) is 1. The molecule has 2 aliphatic heterocycles. The van der Waals surface area contributed by atoms with Crippen LogP contribution < -0.4 is 21.1 Å². The highest BCUT2D eigenvalue weighted by Crippen LogP contribution is 2.39. The van der Waals surface area contributed by atoms with Gasteiger partial charge in [-0.05, 0) is 41.2 Å². The standard InChI is InChI=1S/C21H21N3O2S/c1-26-16-5-6-18-17(11-16)21(25)24-20(23-18)19-15(7-8-27-19)10-13-3-2-4-14(9-13)12-22/h2-9,11,15,23H,10,12,22H2,1H3,(H,24,25). The number of fused-ring (bicyclic) bond motifs is 1. The van der Waals surface area contributed by atoms with Crippen molar-refractivity contribution in [2.75, 3.05) is 12.4 Å². The fourth-order valence-corrected chi connectivity index (χ4v) is 4.31.